The van der Waals surface area contributed by atoms with E-state index < -0.39 is 0 Å². The zero-order valence-electron chi connectivity index (χ0n) is 9.08. The molecule has 0 saturated heterocycles. The Kier molecular flexibility index (Phi) is 3.40. The van der Waals surface area contributed by atoms with E-state index in [0.29, 0.717) is 12.8 Å². The molecule has 1 saturated carbocycles. The van der Waals surface area contributed by atoms with Gasteiger partial charge in [-0.2, -0.15) is 0 Å². The molecule has 4 heteroatoms. The van der Waals surface area contributed by atoms with Crippen LogP contribution in [0.5, 0.6) is 0 Å². The number of aromatic nitrogens is 1. The van der Waals surface area contributed by atoms with Crippen LogP contribution in [0.1, 0.15) is 31.2 Å². The van der Waals surface area contributed by atoms with E-state index in [1.54, 1.807) is 12.4 Å². The Morgan fingerprint density at radius 1 is 1.50 bits per heavy atom. The molecule has 0 atom stereocenters. The number of ketones is 1. The van der Waals surface area contributed by atoms with Gasteiger partial charge in [0.2, 0.25) is 0 Å². The fourth-order valence-electron chi connectivity index (χ4n) is 2.04. The maximum absolute atomic E-state index is 11.8. The van der Waals surface area contributed by atoms with Crippen LogP contribution in [-0.4, -0.2) is 16.3 Å². The van der Waals surface area contributed by atoms with Crippen molar-refractivity contribution in [2.45, 2.75) is 37.6 Å². The third-order valence-electron chi connectivity index (χ3n) is 3.06. The highest BCUT2D eigenvalue weighted by molar-refractivity contribution is 9.10. The molecule has 0 unspecified atom stereocenters. The first kappa shape index (κ1) is 11.7. The molecule has 1 fully saturated rings. The number of rotatable bonds is 4. The van der Waals surface area contributed by atoms with Gasteiger partial charge in [0.05, 0.1) is 0 Å². The number of hydrogen-bond acceptors (Lipinski definition) is 3. The fraction of sp³-hybridized carbons (Fsp3) is 0.500. The molecule has 0 radical (unpaired) electrons. The van der Waals surface area contributed by atoms with Crippen molar-refractivity contribution in [3.8, 4) is 0 Å². The van der Waals surface area contributed by atoms with E-state index >= 15 is 0 Å². The lowest BCUT2D eigenvalue weighted by Crippen LogP contribution is -2.48. The summed E-state index contributed by atoms with van der Waals surface area (Å²) in [7, 11) is 0. The summed E-state index contributed by atoms with van der Waals surface area (Å²) in [6, 6.07) is 1.93. The molecule has 0 aromatic carbocycles. The minimum Gasteiger partial charge on any atom is -0.325 e. The Morgan fingerprint density at radius 3 is 2.81 bits per heavy atom. The van der Waals surface area contributed by atoms with Crippen LogP contribution in [-0.2, 0) is 11.2 Å². The normalized spacial score (nSPS) is 17.9. The van der Waals surface area contributed by atoms with Gasteiger partial charge in [-0.15, -0.1) is 0 Å². The van der Waals surface area contributed by atoms with E-state index in [4.69, 9.17) is 5.73 Å². The second kappa shape index (κ2) is 4.63. The van der Waals surface area contributed by atoms with E-state index in [-0.39, 0.29) is 11.3 Å². The van der Waals surface area contributed by atoms with Crippen molar-refractivity contribution in [1.82, 2.24) is 4.98 Å². The average molecular weight is 283 g/mol. The molecular weight excluding hydrogens is 268 g/mol. The molecule has 2 rings (SSSR count). The van der Waals surface area contributed by atoms with Crippen LogP contribution >= 0.6 is 15.9 Å². The van der Waals surface area contributed by atoms with Crippen LogP contribution in [0.4, 0.5) is 0 Å². The van der Waals surface area contributed by atoms with Gasteiger partial charge < -0.3 is 5.73 Å². The van der Waals surface area contributed by atoms with Crippen LogP contribution in [0.2, 0.25) is 0 Å². The number of carbonyl (C=O) groups excluding carboxylic acids is 1. The van der Waals surface area contributed by atoms with E-state index in [2.05, 4.69) is 20.9 Å². The largest absolute Gasteiger partial charge is 0.325 e. The lowest BCUT2D eigenvalue weighted by Gasteiger charge is -2.37. The Labute approximate surface area is 104 Å². The number of nitrogens with two attached hydrogens (primary N) is 1. The Morgan fingerprint density at radius 2 is 2.25 bits per heavy atom. The molecule has 0 aliphatic heterocycles. The molecular formula is C12H15BrN2O. The lowest BCUT2D eigenvalue weighted by atomic mass is 9.74. The lowest BCUT2D eigenvalue weighted by molar-refractivity contribution is -0.120. The second-order valence-electron chi connectivity index (χ2n) is 4.62. The fourth-order valence-corrected chi connectivity index (χ4v) is 2.46. The Balaban J connectivity index is 1.92. The summed E-state index contributed by atoms with van der Waals surface area (Å²) in [5, 5.41) is 0. The van der Waals surface area contributed by atoms with E-state index in [1.165, 1.54) is 0 Å². The molecule has 0 spiro atoms. The minimum absolute atomic E-state index is 0.210. The maximum Gasteiger partial charge on any atom is 0.139 e. The van der Waals surface area contributed by atoms with Gasteiger partial charge in [-0.1, -0.05) is 0 Å². The summed E-state index contributed by atoms with van der Waals surface area (Å²) >= 11 is 3.34. The first-order chi connectivity index (χ1) is 7.57. The predicted octanol–water partition coefficient (Wildman–Crippen LogP) is 2.23. The third kappa shape index (κ3) is 2.89. The van der Waals surface area contributed by atoms with Crippen LogP contribution in [0.15, 0.2) is 22.9 Å². The smallest absolute Gasteiger partial charge is 0.139 e. The van der Waals surface area contributed by atoms with Crippen LogP contribution in [0, 0.1) is 0 Å². The highest BCUT2D eigenvalue weighted by Gasteiger charge is 2.34. The summed E-state index contributed by atoms with van der Waals surface area (Å²) in [5.74, 6) is 0.210. The van der Waals surface area contributed by atoms with E-state index in [9.17, 15) is 4.79 Å². The third-order valence-corrected chi connectivity index (χ3v) is 3.50. The molecule has 1 aliphatic rings. The van der Waals surface area contributed by atoms with Crippen molar-refractivity contribution < 1.29 is 4.79 Å². The first-order valence-electron chi connectivity index (χ1n) is 5.47. The molecule has 1 heterocycles. The standard InChI is InChI=1S/C12H15BrN2O/c13-10-4-9(7-15-8-10)5-11(16)6-12(14)2-1-3-12/h4,7-8H,1-3,5-6,14H2. The summed E-state index contributed by atoms with van der Waals surface area (Å²) in [6.45, 7) is 0. The quantitative estimate of drug-likeness (QED) is 0.921. The number of pyridine rings is 1. The SMILES string of the molecule is NC1(CC(=O)Cc2cncc(Br)c2)CCC1. The first-order valence-corrected chi connectivity index (χ1v) is 6.27. The van der Waals surface area contributed by atoms with Gasteiger partial charge in [0, 0.05) is 35.2 Å². The number of carbonyl (C=O) groups is 1. The zero-order chi connectivity index (χ0) is 11.6. The number of Topliss-reactive ketones (excluding diaryl/α,β-unsaturated/α-hetero) is 1. The van der Waals surface area contributed by atoms with Gasteiger partial charge in [-0.05, 0) is 46.8 Å². The summed E-state index contributed by atoms with van der Waals surface area (Å²) in [5.41, 5.74) is 6.78. The van der Waals surface area contributed by atoms with Gasteiger partial charge >= 0.3 is 0 Å². The van der Waals surface area contributed by atoms with Crippen molar-refractivity contribution in [1.29, 1.82) is 0 Å². The van der Waals surface area contributed by atoms with E-state index in [0.717, 1.165) is 29.3 Å². The minimum atomic E-state index is -0.212. The average Bonchev–Trinajstić information content (AvgIpc) is 2.15. The van der Waals surface area contributed by atoms with E-state index in [1.807, 2.05) is 6.07 Å². The van der Waals surface area contributed by atoms with Gasteiger partial charge in [-0.3, -0.25) is 9.78 Å². The maximum atomic E-state index is 11.8. The number of hydrogen-bond donors (Lipinski definition) is 1. The van der Waals surface area contributed by atoms with Crippen molar-refractivity contribution in [2.24, 2.45) is 5.73 Å². The summed E-state index contributed by atoms with van der Waals surface area (Å²) in [4.78, 5) is 15.8. The molecule has 3 nitrogen and oxygen atoms in total. The Bertz CT molecular complexity index is 402. The molecule has 1 aromatic heterocycles. The topological polar surface area (TPSA) is 56.0 Å². The number of halogens is 1. The summed E-state index contributed by atoms with van der Waals surface area (Å²) < 4.78 is 0.906. The molecule has 16 heavy (non-hydrogen) atoms. The molecule has 86 valence electrons. The number of nitrogens with zero attached hydrogens (tertiary/aromatic N) is 1. The molecule has 1 aliphatic carbocycles. The van der Waals surface area contributed by atoms with Crippen molar-refractivity contribution in [2.75, 3.05) is 0 Å². The monoisotopic (exact) mass is 282 g/mol. The highest BCUT2D eigenvalue weighted by atomic mass is 79.9. The van der Waals surface area contributed by atoms with Crippen molar-refractivity contribution >= 4 is 21.7 Å². The highest BCUT2D eigenvalue weighted by Crippen LogP contribution is 2.32. The van der Waals surface area contributed by atoms with Gasteiger partial charge in [0.1, 0.15) is 5.78 Å². The van der Waals surface area contributed by atoms with Gasteiger partial charge in [-0.25, -0.2) is 0 Å². The van der Waals surface area contributed by atoms with Crippen molar-refractivity contribution in [3.05, 3.63) is 28.5 Å². The predicted molar refractivity (Wildman–Crippen MR) is 66.0 cm³/mol. The zero-order valence-corrected chi connectivity index (χ0v) is 10.7. The molecule has 1 aromatic rings. The molecule has 0 amide bonds. The van der Waals surface area contributed by atoms with Crippen LogP contribution in [0.3, 0.4) is 0 Å². The molecule has 2 N–H and O–H groups in total. The van der Waals surface area contributed by atoms with Crippen LogP contribution in [0.25, 0.3) is 0 Å². The van der Waals surface area contributed by atoms with Gasteiger partial charge in [0.15, 0.2) is 0 Å². The Hall–Kier alpha value is -0.740. The van der Waals surface area contributed by atoms with Crippen molar-refractivity contribution in [3.63, 3.8) is 0 Å². The summed E-state index contributed by atoms with van der Waals surface area (Å²) in [6.07, 6.45) is 7.50. The van der Waals surface area contributed by atoms with Gasteiger partial charge in [0.25, 0.3) is 0 Å². The second-order valence-corrected chi connectivity index (χ2v) is 5.54. The van der Waals surface area contributed by atoms with Crippen LogP contribution < -0.4 is 5.73 Å². The molecule has 0 bridgehead atoms.